The van der Waals surface area contributed by atoms with E-state index in [0.29, 0.717) is 5.02 Å². The predicted molar refractivity (Wildman–Crippen MR) is 87.7 cm³/mol. The molecule has 1 N–H and O–H groups in total. The first-order chi connectivity index (χ1) is 11.5. The van der Waals surface area contributed by atoms with Crippen LogP contribution in [0, 0.1) is 0 Å². The number of ether oxygens (including phenoxy) is 1. The Morgan fingerprint density at radius 3 is 2.42 bits per heavy atom. The number of carbonyl (C=O) groups excluding carboxylic acids is 2. The molecule has 0 spiro atoms. The van der Waals surface area contributed by atoms with Crippen LogP contribution in [0.15, 0.2) is 53.4 Å². The first kappa shape index (κ1) is 18.2. The zero-order valence-electron chi connectivity index (χ0n) is 12.2. The molecule has 0 heterocycles. The zero-order chi connectivity index (χ0) is 17.5. The van der Waals surface area contributed by atoms with Gasteiger partial charge in [0.1, 0.15) is 5.75 Å². The molecule has 0 fully saturated rings. The lowest BCUT2D eigenvalue weighted by Gasteiger charge is -2.07. The molecule has 2 rings (SSSR count). The van der Waals surface area contributed by atoms with E-state index in [9.17, 15) is 18.4 Å². The topological polar surface area (TPSA) is 55.4 Å². The van der Waals surface area contributed by atoms with Gasteiger partial charge in [0, 0.05) is 10.5 Å². The highest BCUT2D eigenvalue weighted by molar-refractivity contribution is 8.00. The molecule has 4 nitrogen and oxygen atoms in total. The first-order valence-corrected chi connectivity index (χ1v) is 8.08. The van der Waals surface area contributed by atoms with E-state index in [1.807, 2.05) is 0 Å². The van der Waals surface area contributed by atoms with Gasteiger partial charge in [-0.3, -0.25) is 14.9 Å². The fourth-order valence-corrected chi connectivity index (χ4v) is 2.77. The summed E-state index contributed by atoms with van der Waals surface area (Å²) in [4.78, 5) is 24.4. The standard InChI is InChI=1S/C16H12ClF2NO3S/c17-12-3-1-2-4-13(12)24-9-14(21)20-15(22)10-5-7-11(8-6-10)23-16(18)19/h1-8,16H,9H2,(H,20,21,22). The van der Waals surface area contributed by atoms with Crippen LogP contribution in [0.2, 0.25) is 5.02 Å². The SMILES string of the molecule is O=C(CSc1ccccc1Cl)NC(=O)c1ccc(OC(F)F)cc1. The van der Waals surface area contributed by atoms with Crippen LogP contribution < -0.4 is 10.1 Å². The van der Waals surface area contributed by atoms with Gasteiger partial charge in [0.25, 0.3) is 5.91 Å². The summed E-state index contributed by atoms with van der Waals surface area (Å²) in [6, 6.07) is 12.1. The zero-order valence-corrected chi connectivity index (χ0v) is 13.7. The van der Waals surface area contributed by atoms with Crippen molar-refractivity contribution in [2.24, 2.45) is 0 Å². The number of alkyl halides is 2. The highest BCUT2D eigenvalue weighted by atomic mass is 35.5. The van der Waals surface area contributed by atoms with E-state index >= 15 is 0 Å². The summed E-state index contributed by atoms with van der Waals surface area (Å²) >= 11 is 7.18. The van der Waals surface area contributed by atoms with Crippen molar-refractivity contribution in [1.82, 2.24) is 5.32 Å². The van der Waals surface area contributed by atoms with Crippen LogP contribution >= 0.6 is 23.4 Å². The molecule has 0 aliphatic heterocycles. The maximum atomic E-state index is 12.0. The molecule has 24 heavy (non-hydrogen) atoms. The number of imide groups is 1. The number of benzene rings is 2. The second-order valence-corrected chi connectivity index (χ2v) is 5.92. The fraction of sp³-hybridized carbons (Fsp3) is 0.125. The molecule has 2 amide bonds. The molecule has 0 aromatic heterocycles. The highest BCUT2D eigenvalue weighted by Crippen LogP contribution is 2.26. The Balaban J connectivity index is 1.87. The van der Waals surface area contributed by atoms with Crippen molar-refractivity contribution in [3.63, 3.8) is 0 Å². The van der Waals surface area contributed by atoms with Gasteiger partial charge in [0.15, 0.2) is 0 Å². The number of thioether (sulfide) groups is 1. The van der Waals surface area contributed by atoms with Crippen molar-refractivity contribution in [3.05, 3.63) is 59.1 Å². The van der Waals surface area contributed by atoms with E-state index < -0.39 is 18.4 Å². The predicted octanol–water partition coefficient (Wildman–Crippen LogP) is 3.99. The Morgan fingerprint density at radius 1 is 1.12 bits per heavy atom. The van der Waals surface area contributed by atoms with Gasteiger partial charge >= 0.3 is 6.61 Å². The number of rotatable bonds is 6. The summed E-state index contributed by atoms with van der Waals surface area (Å²) in [6.07, 6.45) is 0. The number of amides is 2. The number of hydrogen-bond acceptors (Lipinski definition) is 4. The van der Waals surface area contributed by atoms with Gasteiger partial charge in [-0.2, -0.15) is 8.78 Å². The lowest BCUT2D eigenvalue weighted by molar-refractivity contribution is -0.117. The summed E-state index contributed by atoms with van der Waals surface area (Å²) in [5.41, 5.74) is 0.160. The molecular weight excluding hydrogens is 360 g/mol. The van der Waals surface area contributed by atoms with Gasteiger partial charge < -0.3 is 4.74 Å². The average Bonchev–Trinajstić information content (AvgIpc) is 2.54. The van der Waals surface area contributed by atoms with Crippen LogP contribution in [0.3, 0.4) is 0 Å². The normalized spacial score (nSPS) is 10.5. The minimum atomic E-state index is -2.94. The van der Waals surface area contributed by atoms with Crippen LogP contribution in [0.4, 0.5) is 8.78 Å². The molecular formula is C16H12ClF2NO3S. The summed E-state index contributed by atoms with van der Waals surface area (Å²) in [6.45, 7) is -2.94. The van der Waals surface area contributed by atoms with Gasteiger partial charge in [-0.1, -0.05) is 23.7 Å². The van der Waals surface area contributed by atoms with Crippen molar-refractivity contribution in [2.75, 3.05) is 5.75 Å². The average molecular weight is 372 g/mol. The smallest absolute Gasteiger partial charge is 0.387 e. The highest BCUT2D eigenvalue weighted by Gasteiger charge is 2.12. The third kappa shape index (κ3) is 5.50. The van der Waals surface area contributed by atoms with Gasteiger partial charge in [0.2, 0.25) is 5.91 Å². The van der Waals surface area contributed by atoms with Crippen LogP contribution in [0.25, 0.3) is 0 Å². The monoisotopic (exact) mass is 371 g/mol. The molecule has 0 bridgehead atoms. The molecule has 8 heteroatoms. The Kier molecular flexibility index (Phi) is 6.57. The molecule has 0 saturated heterocycles. The molecule has 0 saturated carbocycles. The quantitative estimate of drug-likeness (QED) is 0.780. The lowest BCUT2D eigenvalue weighted by atomic mass is 10.2. The van der Waals surface area contributed by atoms with Crippen LogP contribution in [-0.4, -0.2) is 24.2 Å². The molecule has 126 valence electrons. The van der Waals surface area contributed by atoms with Crippen LogP contribution in [0.5, 0.6) is 5.75 Å². The third-order valence-corrected chi connectivity index (χ3v) is 4.31. The van der Waals surface area contributed by atoms with Gasteiger partial charge in [-0.15, -0.1) is 11.8 Å². The van der Waals surface area contributed by atoms with Crippen molar-refractivity contribution < 1.29 is 23.1 Å². The lowest BCUT2D eigenvalue weighted by Crippen LogP contribution is -2.31. The largest absolute Gasteiger partial charge is 0.435 e. The molecule has 2 aromatic rings. The van der Waals surface area contributed by atoms with Gasteiger partial charge in [-0.05, 0) is 36.4 Å². The number of carbonyl (C=O) groups is 2. The Morgan fingerprint density at radius 2 is 1.79 bits per heavy atom. The van der Waals surface area contributed by atoms with Crippen LogP contribution in [0.1, 0.15) is 10.4 Å². The van der Waals surface area contributed by atoms with Gasteiger partial charge in [0.05, 0.1) is 10.8 Å². The number of hydrogen-bond donors (Lipinski definition) is 1. The molecule has 0 unspecified atom stereocenters. The Bertz CT molecular complexity index is 726. The van der Waals surface area contributed by atoms with Crippen molar-refractivity contribution >= 4 is 35.2 Å². The molecule has 0 aliphatic rings. The maximum Gasteiger partial charge on any atom is 0.387 e. The van der Waals surface area contributed by atoms with E-state index in [1.165, 1.54) is 36.0 Å². The van der Waals surface area contributed by atoms with Crippen molar-refractivity contribution in [2.45, 2.75) is 11.5 Å². The summed E-state index contributed by atoms with van der Waals surface area (Å²) in [7, 11) is 0. The summed E-state index contributed by atoms with van der Waals surface area (Å²) < 4.78 is 28.3. The second-order valence-electron chi connectivity index (χ2n) is 4.50. The minimum Gasteiger partial charge on any atom is -0.435 e. The van der Waals surface area contributed by atoms with Gasteiger partial charge in [-0.25, -0.2) is 0 Å². The van der Waals surface area contributed by atoms with E-state index in [4.69, 9.17) is 11.6 Å². The number of nitrogens with one attached hydrogen (secondary N) is 1. The first-order valence-electron chi connectivity index (χ1n) is 6.72. The van der Waals surface area contributed by atoms with E-state index in [2.05, 4.69) is 10.1 Å². The summed E-state index contributed by atoms with van der Waals surface area (Å²) in [5, 5.41) is 2.74. The molecule has 0 radical (unpaired) electrons. The molecule has 0 atom stereocenters. The molecule has 2 aromatic carbocycles. The Hall–Kier alpha value is -2.12. The van der Waals surface area contributed by atoms with Crippen molar-refractivity contribution in [1.29, 1.82) is 0 Å². The van der Waals surface area contributed by atoms with E-state index in [0.717, 1.165) is 4.90 Å². The maximum absolute atomic E-state index is 12.0. The van der Waals surface area contributed by atoms with Crippen molar-refractivity contribution in [3.8, 4) is 5.75 Å². The third-order valence-electron chi connectivity index (χ3n) is 2.79. The van der Waals surface area contributed by atoms with E-state index in [-0.39, 0.29) is 17.1 Å². The fourth-order valence-electron chi connectivity index (χ4n) is 1.73. The van der Waals surface area contributed by atoms with E-state index in [1.54, 1.807) is 24.3 Å². The second kappa shape index (κ2) is 8.65. The van der Waals surface area contributed by atoms with Crippen LogP contribution in [-0.2, 0) is 4.79 Å². The summed E-state index contributed by atoms with van der Waals surface area (Å²) in [5.74, 6) is -1.16. The Labute approximate surface area is 146 Å². The molecule has 0 aliphatic carbocycles. The number of halogens is 3. The minimum absolute atomic E-state index is 0.0159.